The average Bonchev–Trinajstić information content (AvgIpc) is 2.51. The van der Waals surface area contributed by atoms with E-state index in [0.717, 1.165) is 12.0 Å². The van der Waals surface area contributed by atoms with Gasteiger partial charge in [0.2, 0.25) is 0 Å². The Hall–Kier alpha value is -1.69. The Morgan fingerprint density at radius 2 is 2.18 bits per heavy atom. The second-order valence-corrected chi connectivity index (χ2v) is 5.61. The molecular weight excluding hydrogens is 305 g/mol. The summed E-state index contributed by atoms with van der Waals surface area (Å²) in [6.45, 7) is 0.472. The summed E-state index contributed by atoms with van der Waals surface area (Å²) in [5.41, 5.74) is 2.35. The summed E-state index contributed by atoms with van der Waals surface area (Å²) in [6.07, 6.45) is 0.765. The summed E-state index contributed by atoms with van der Waals surface area (Å²) < 4.78 is 19.1. The molecule has 1 aliphatic heterocycles. The van der Waals surface area contributed by atoms with Crippen molar-refractivity contribution in [1.82, 2.24) is 0 Å². The van der Waals surface area contributed by atoms with Gasteiger partial charge in [-0.2, -0.15) is 0 Å². The van der Waals surface area contributed by atoms with E-state index in [2.05, 4.69) is 0 Å². The fourth-order valence-corrected chi connectivity index (χ4v) is 2.76. The number of carbonyl (C=O) groups excluding carboxylic acids is 1. The molecule has 2 aromatic rings. The van der Waals surface area contributed by atoms with Crippen LogP contribution in [0.2, 0.25) is 5.02 Å². The second-order valence-electron chi connectivity index (χ2n) is 5.21. The SMILES string of the molecule is O=C(Cc1ccc2c(c1)B(O)OCC2)c1cccc(Cl)c1F. The van der Waals surface area contributed by atoms with Gasteiger partial charge in [0.15, 0.2) is 11.6 Å². The first-order chi connectivity index (χ1) is 10.6. The van der Waals surface area contributed by atoms with Crippen molar-refractivity contribution in [1.29, 1.82) is 0 Å². The number of ketones is 1. The molecule has 1 aliphatic rings. The Kier molecular flexibility index (Phi) is 4.29. The summed E-state index contributed by atoms with van der Waals surface area (Å²) in [5, 5.41) is 9.76. The molecule has 0 spiro atoms. The highest BCUT2D eigenvalue weighted by atomic mass is 35.5. The minimum atomic E-state index is -0.971. The van der Waals surface area contributed by atoms with Crippen LogP contribution in [0.25, 0.3) is 0 Å². The highest BCUT2D eigenvalue weighted by Gasteiger charge is 2.25. The maximum atomic E-state index is 13.9. The highest BCUT2D eigenvalue weighted by molar-refractivity contribution is 6.60. The largest absolute Gasteiger partial charge is 0.491 e. The number of hydrogen-bond acceptors (Lipinski definition) is 3. The van der Waals surface area contributed by atoms with Crippen molar-refractivity contribution in [2.45, 2.75) is 12.8 Å². The number of benzene rings is 2. The van der Waals surface area contributed by atoms with Gasteiger partial charge in [0.25, 0.3) is 0 Å². The van der Waals surface area contributed by atoms with Crippen LogP contribution in [0.1, 0.15) is 21.5 Å². The monoisotopic (exact) mass is 318 g/mol. The maximum Gasteiger partial charge on any atom is 0.491 e. The lowest BCUT2D eigenvalue weighted by atomic mass is 9.73. The molecule has 1 heterocycles. The normalized spacial score (nSPS) is 13.9. The summed E-state index contributed by atoms with van der Waals surface area (Å²) >= 11 is 5.70. The molecule has 0 saturated carbocycles. The Morgan fingerprint density at radius 3 is 3.00 bits per heavy atom. The van der Waals surface area contributed by atoms with Crippen LogP contribution in [0.4, 0.5) is 4.39 Å². The van der Waals surface area contributed by atoms with Crippen LogP contribution >= 0.6 is 11.6 Å². The highest BCUT2D eigenvalue weighted by Crippen LogP contribution is 2.20. The Balaban J connectivity index is 1.85. The lowest BCUT2D eigenvalue weighted by molar-refractivity contribution is 0.0989. The first-order valence-corrected chi connectivity index (χ1v) is 7.32. The van der Waals surface area contributed by atoms with Crippen LogP contribution < -0.4 is 5.46 Å². The van der Waals surface area contributed by atoms with Crippen molar-refractivity contribution in [2.75, 3.05) is 6.61 Å². The molecule has 0 bridgehead atoms. The molecule has 3 nitrogen and oxygen atoms in total. The number of fused-ring (bicyclic) bond motifs is 1. The molecule has 6 heteroatoms. The van der Waals surface area contributed by atoms with E-state index in [-0.39, 0.29) is 22.8 Å². The second kappa shape index (κ2) is 6.20. The van der Waals surface area contributed by atoms with E-state index >= 15 is 0 Å². The van der Waals surface area contributed by atoms with Crippen LogP contribution in [0.15, 0.2) is 36.4 Å². The molecule has 112 valence electrons. The van der Waals surface area contributed by atoms with E-state index in [1.807, 2.05) is 12.1 Å². The lowest BCUT2D eigenvalue weighted by Crippen LogP contribution is -2.41. The van der Waals surface area contributed by atoms with Gasteiger partial charge in [-0.15, -0.1) is 0 Å². The topological polar surface area (TPSA) is 46.5 Å². The Morgan fingerprint density at radius 1 is 1.36 bits per heavy atom. The molecule has 3 rings (SSSR count). The van der Waals surface area contributed by atoms with Crippen LogP contribution in [0.5, 0.6) is 0 Å². The molecule has 0 amide bonds. The molecule has 22 heavy (non-hydrogen) atoms. The first kappa shape index (κ1) is 15.2. The van der Waals surface area contributed by atoms with Crippen molar-refractivity contribution in [3.05, 3.63) is 63.9 Å². The van der Waals surface area contributed by atoms with Crippen molar-refractivity contribution >= 4 is 30.0 Å². The van der Waals surface area contributed by atoms with E-state index in [1.54, 1.807) is 12.1 Å². The van der Waals surface area contributed by atoms with Gasteiger partial charge in [-0.1, -0.05) is 35.9 Å². The molecule has 0 aromatic heterocycles. The predicted octanol–water partition coefficient (Wildman–Crippen LogP) is 2.16. The predicted molar refractivity (Wildman–Crippen MR) is 83.1 cm³/mol. The summed E-state index contributed by atoms with van der Waals surface area (Å²) in [6, 6.07) is 9.79. The van der Waals surface area contributed by atoms with Crippen molar-refractivity contribution in [3.8, 4) is 0 Å². The zero-order valence-corrected chi connectivity index (χ0v) is 12.4. The zero-order chi connectivity index (χ0) is 15.7. The molecule has 0 radical (unpaired) electrons. The van der Waals surface area contributed by atoms with Crippen molar-refractivity contribution in [2.24, 2.45) is 0 Å². The van der Waals surface area contributed by atoms with E-state index in [1.165, 1.54) is 12.1 Å². The molecule has 2 aromatic carbocycles. The van der Waals surface area contributed by atoms with Gasteiger partial charge in [0.1, 0.15) is 0 Å². The molecule has 0 aliphatic carbocycles. The van der Waals surface area contributed by atoms with Crippen molar-refractivity contribution < 1.29 is 18.9 Å². The van der Waals surface area contributed by atoms with Gasteiger partial charge in [-0.05, 0) is 35.1 Å². The molecular formula is C16H13BClFO3. The number of Topliss-reactive ketones (excluding diaryl/α,β-unsaturated/α-hetero) is 1. The smallest absolute Gasteiger partial charge is 0.423 e. The summed E-state index contributed by atoms with van der Waals surface area (Å²) in [7, 11) is -0.971. The molecule has 0 atom stereocenters. The average molecular weight is 319 g/mol. The van der Waals surface area contributed by atoms with Gasteiger partial charge in [-0.25, -0.2) is 4.39 Å². The van der Waals surface area contributed by atoms with Gasteiger partial charge in [-0.3, -0.25) is 4.79 Å². The molecule has 0 saturated heterocycles. The molecule has 1 N–H and O–H groups in total. The fourth-order valence-electron chi connectivity index (χ4n) is 2.58. The zero-order valence-electron chi connectivity index (χ0n) is 11.7. The number of hydrogen-bond donors (Lipinski definition) is 1. The van der Waals surface area contributed by atoms with Gasteiger partial charge in [0.05, 0.1) is 10.6 Å². The molecule has 0 unspecified atom stereocenters. The van der Waals surface area contributed by atoms with Crippen LogP contribution in [0.3, 0.4) is 0 Å². The standard InChI is InChI=1S/C16H13BClFO3/c18-14-3-1-2-12(16(14)19)15(20)9-10-4-5-11-6-7-22-17(21)13(11)8-10/h1-5,8,21H,6-7,9H2. The fraction of sp³-hybridized carbons (Fsp3) is 0.188. The molecule has 0 fully saturated rings. The third-order valence-electron chi connectivity index (χ3n) is 3.74. The van der Waals surface area contributed by atoms with Gasteiger partial charge >= 0.3 is 7.12 Å². The minimum absolute atomic E-state index is 0.0259. The van der Waals surface area contributed by atoms with Crippen LogP contribution in [0, 0.1) is 5.82 Å². The number of rotatable bonds is 3. The Bertz CT molecular complexity index is 735. The van der Waals surface area contributed by atoms with Crippen LogP contribution in [-0.2, 0) is 17.5 Å². The summed E-state index contributed by atoms with van der Waals surface area (Å²) in [4.78, 5) is 12.2. The minimum Gasteiger partial charge on any atom is -0.423 e. The Labute approximate surface area is 132 Å². The lowest BCUT2D eigenvalue weighted by Gasteiger charge is -2.19. The first-order valence-electron chi connectivity index (χ1n) is 6.95. The van der Waals surface area contributed by atoms with E-state index in [4.69, 9.17) is 16.3 Å². The maximum absolute atomic E-state index is 13.9. The number of halogens is 2. The van der Waals surface area contributed by atoms with Gasteiger partial charge in [0, 0.05) is 13.0 Å². The van der Waals surface area contributed by atoms with Crippen molar-refractivity contribution in [3.63, 3.8) is 0 Å². The van der Waals surface area contributed by atoms with E-state index in [9.17, 15) is 14.2 Å². The van der Waals surface area contributed by atoms with E-state index in [0.29, 0.717) is 17.6 Å². The quantitative estimate of drug-likeness (QED) is 0.697. The third kappa shape index (κ3) is 2.93. The number of carbonyl (C=O) groups is 1. The summed E-state index contributed by atoms with van der Waals surface area (Å²) in [5.74, 6) is -1.05. The van der Waals surface area contributed by atoms with E-state index < -0.39 is 12.9 Å². The van der Waals surface area contributed by atoms with Crippen LogP contribution in [-0.4, -0.2) is 24.5 Å². The third-order valence-corrected chi connectivity index (χ3v) is 4.03. The van der Waals surface area contributed by atoms with Gasteiger partial charge < -0.3 is 9.68 Å².